The second-order valence-corrected chi connectivity index (χ2v) is 14.0. The zero-order valence-electron chi connectivity index (χ0n) is 33.4. The predicted octanol–water partition coefficient (Wildman–Crippen LogP) is 15.7. The van der Waals surface area contributed by atoms with Gasteiger partial charge in [0.05, 0.1) is 0 Å². The standard InChI is InChI=1S/C45H42.C7H8.C2H6/c1-6-7-9-13-32(3)45-33(4)14-12-17-43(45)40-24-25-42(34(5)27-40)44-30-39(22-23-41(44)28-35-15-10-8-11-16-35)38-21-20-36-26-31(2)18-19-37(36)29-38;1-7-5-3-2-4-6-7;1-2/h6-8,10-12,14-27,29-30H,3,9,13,28H2,1-2,4-5H3;2-6H,1H3;1-2H3/b7-6-;;. The van der Waals surface area contributed by atoms with Crippen LogP contribution in [0.1, 0.15) is 72.6 Å². The van der Waals surface area contributed by atoms with E-state index in [0.29, 0.717) is 0 Å². The molecule has 272 valence electrons. The van der Waals surface area contributed by atoms with Gasteiger partial charge in [-0.1, -0.05) is 183 Å². The minimum Gasteiger partial charge on any atom is -0.0952 e. The highest BCUT2D eigenvalue weighted by Gasteiger charge is 2.15. The summed E-state index contributed by atoms with van der Waals surface area (Å²) in [4.78, 5) is 0. The zero-order valence-corrected chi connectivity index (χ0v) is 33.4. The predicted molar refractivity (Wildman–Crippen MR) is 239 cm³/mol. The number of hydrogen-bond acceptors (Lipinski definition) is 0. The first-order valence-electron chi connectivity index (χ1n) is 19.5. The number of rotatable bonds is 9. The summed E-state index contributed by atoms with van der Waals surface area (Å²) in [6, 6.07) is 55.2. The molecular weight excluding hydrogens is 649 g/mol. The number of benzene rings is 7. The minimum atomic E-state index is 0.892. The van der Waals surface area contributed by atoms with E-state index in [2.05, 4.69) is 187 Å². The Morgan fingerprint density at radius 1 is 0.519 bits per heavy atom. The molecule has 0 N–H and O–H groups in total. The molecule has 0 unspecified atom stereocenters. The van der Waals surface area contributed by atoms with Gasteiger partial charge in [-0.05, 0) is 144 Å². The molecule has 0 saturated heterocycles. The summed E-state index contributed by atoms with van der Waals surface area (Å²) in [7, 11) is 0. The Balaban J connectivity index is 0.000000553. The van der Waals surface area contributed by atoms with Crippen molar-refractivity contribution in [3.63, 3.8) is 0 Å². The van der Waals surface area contributed by atoms with Gasteiger partial charge in [0.25, 0.3) is 0 Å². The van der Waals surface area contributed by atoms with E-state index in [9.17, 15) is 0 Å². The Morgan fingerprint density at radius 3 is 1.85 bits per heavy atom. The number of aryl methyl sites for hydroxylation is 4. The molecule has 7 aromatic carbocycles. The van der Waals surface area contributed by atoms with Gasteiger partial charge >= 0.3 is 0 Å². The summed E-state index contributed by atoms with van der Waals surface area (Å²) in [5.41, 5.74) is 17.9. The van der Waals surface area contributed by atoms with Crippen molar-refractivity contribution in [2.45, 2.75) is 67.7 Å². The van der Waals surface area contributed by atoms with Gasteiger partial charge in [-0.25, -0.2) is 0 Å². The van der Waals surface area contributed by atoms with E-state index < -0.39 is 0 Å². The Morgan fingerprint density at radius 2 is 1.17 bits per heavy atom. The Hall–Kier alpha value is -5.72. The first-order valence-corrected chi connectivity index (χ1v) is 19.5. The molecule has 0 aliphatic rings. The molecule has 0 aliphatic carbocycles. The summed E-state index contributed by atoms with van der Waals surface area (Å²) in [6.07, 6.45) is 7.21. The van der Waals surface area contributed by atoms with Crippen molar-refractivity contribution in [2.75, 3.05) is 0 Å². The van der Waals surface area contributed by atoms with Crippen LogP contribution < -0.4 is 0 Å². The van der Waals surface area contributed by atoms with E-state index in [-0.39, 0.29) is 0 Å². The fourth-order valence-electron chi connectivity index (χ4n) is 7.12. The summed E-state index contributed by atoms with van der Waals surface area (Å²) >= 11 is 0. The minimum absolute atomic E-state index is 0.892. The maximum absolute atomic E-state index is 4.51. The van der Waals surface area contributed by atoms with Crippen molar-refractivity contribution < 1.29 is 0 Å². The molecule has 0 aromatic heterocycles. The van der Waals surface area contributed by atoms with E-state index in [1.165, 1.54) is 88.7 Å². The van der Waals surface area contributed by atoms with Gasteiger partial charge in [0.1, 0.15) is 0 Å². The molecule has 7 aromatic rings. The van der Waals surface area contributed by atoms with Crippen LogP contribution in [0.25, 0.3) is 49.7 Å². The molecule has 0 nitrogen and oxygen atoms in total. The molecule has 0 heterocycles. The van der Waals surface area contributed by atoms with Crippen molar-refractivity contribution in [3.8, 4) is 33.4 Å². The van der Waals surface area contributed by atoms with E-state index >= 15 is 0 Å². The van der Waals surface area contributed by atoms with Gasteiger partial charge in [-0.2, -0.15) is 0 Å². The average Bonchev–Trinajstić information content (AvgIpc) is 3.19. The van der Waals surface area contributed by atoms with E-state index in [0.717, 1.165) is 19.3 Å². The maximum atomic E-state index is 4.51. The van der Waals surface area contributed by atoms with Crippen LogP contribution >= 0.6 is 0 Å². The average molecular weight is 705 g/mol. The van der Waals surface area contributed by atoms with Crippen molar-refractivity contribution in [3.05, 3.63) is 209 Å². The second kappa shape index (κ2) is 19.4. The highest BCUT2D eigenvalue weighted by Crippen LogP contribution is 2.38. The van der Waals surface area contributed by atoms with Gasteiger partial charge in [-0.15, -0.1) is 0 Å². The number of allylic oxidation sites excluding steroid dienone is 3. The molecule has 54 heavy (non-hydrogen) atoms. The lowest BCUT2D eigenvalue weighted by molar-refractivity contribution is 1.07. The molecule has 0 fully saturated rings. The largest absolute Gasteiger partial charge is 0.0952 e. The lowest BCUT2D eigenvalue weighted by atomic mass is 9.86. The third kappa shape index (κ3) is 10.0. The number of hydrogen-bond donors (Lipinski definition) is 0. The molecule has 0 amide bonds. The molecule has 0 atom stereocenters. The maximum Gasteiger partial charge on any atom is -0.00196 e. The van der Waals surface area contributed by atoms with E-state index in [1.807, 2.05) is 32.0 Å². The number of fused-ring (bicyclic) bond motifs is 1. The fourth-order valence-corrected chi connectivity index (χ4v) is 7.12. The van der Waals surface area contributed by atoms with E-state index in [1.54, 1.807) is 0 Å². The molecule has 0 bridgehead atoms. The summed E-state index contributed by atoms with van der Waals surface area (Å²) in [5.74, 6) is 0. The van der Waals surface area contributed by atoms with Crippen molar-refractivity contribution in [2.24, 2.45) is 0 Å². The van der Waals surface area contributed by atoms with Crippen LogP contribution in [0.3, 0.4) is 0 Å². The van der Waals surface area contributed by atoms with Crippen LogP contribution in [0, 0.1) is 27.7 Å². The highest BCUT2D eigenvalue weighted by molar-refractivity contribution is 5.89. The lowest BCUT2D eigenvalue weighted by Crippen LogP contribution is -1.97. The third-order valence-corrected chi connectivity index (χ3v) is 9.92. The van der Waals surface area contributed by atoms with E-state index in [4.69, 9.17) is 0 Å². The highest BCUT2D eigenvalue weighted by atomic mass is 14.2. The zero-order chi connectivity index (χ0) is 38.5. The fraction of sp³-hybridized carbons (Fsp3) is 0.185. The smallest absolute Gasteiger partial charge is 0.00196 e. The third-order valence-electron chi connectivity index (χ3n) is 9.92. The first kappa shape index (κ1) is 39.5. The van der Waals surface area contributed by atoms with Gasteiger partial charge in [0.2, 0.25) is 0 Å². The summed E-state index contributed by atoms with van der Waals surface area (Å²) in [5, 5.41) is 2.56. The Bertz CT molecular complexity index is 2320. The van der Waals surface area contributed by atoms with Gasteiger partial charge in [0, 0.05) is 0 Å². The molecule has 0 spiro atoms. The molecule has 0 saturated carbocycles. The quantitative estimate of drug-likeness (QED) is 0.131. The molecule has 0 aliphatic heterocycles. The molecule has 0 radical (unpaired) electrons. The van der Waals surface area contributed by atoms with Crippen LogP contribution in [0.4, 0.5) is 0 Å². The van der Waals surface area contributed by atoms with Crippen molar-refractivity contribution in [1.29, 1.82) is 0 Å². The Labute approximate surface area is 325 Å². The second-order valence-electron chi connectivity index (χ2n) is 14.0. The Kier molecular flexibility index (Phi) is 14.2. The van der Waals surface area contributed by atoms with Gasteiger partial charge in [0.15, 0.2) is 0 Å². The van der Waals surface area contributed by atoms with Gasteiger partial charge < -0.3 is 0 Å². The van der Waals surface area contributed by atoms with Crippen LogP contribution in [-0.4, -0.2) is 0 Å². The molecule has 7 rings (SSSR count). The van der Waals surface area contributed by atoms with Gasteiger partial charge in [-0.3, -0.25) is 0 Å². The van der Waals surface area contributed by atoms with Crippen LogP contribution in [0.2, 0.25) is 0 Å². The lowest BCUT2D eigenvalue weighted by Gasteiger charge is -2.18. The molecule has 0 heteroatoms. The monoisotopic (exact) mass is 704 g/mol. The SMILES string of the molecule is C=C(CC/C=C\C)c1c(C)cccc1-c1ccc(-c2cc(-c3ccc4cc(C)ccc4c3)ccc2Cc2ccccc2)c(C)c1.CC.Cc1ccccc1. The van der Waals surface area contributed by atoms with Crippen LogP contribution in [0.15, 0.2) is 170 Å². The summed E-state index contributed by atoms with van der Waals surface area (Å²) < 4.78 is 0. The summed E-state index contributed by atoms with van der Waals surface area (Å²) in [6.45, 7) is 19.3. The topological polar surface area (TPSA) is 0 Å². The van der Waals surface area contributed by atoms with Crippen molar-refractivity contribution >= 4 is 16.3 Å². The van der Waals surface area contributed by atoms with Crippen LogP contribution in [0.5, 0.6) is 0 Å². The van der Waals surface area contributed by atoms with Crippen molar-refractivity contribution in [1.82, 2.24) is 0 Å². The normalized spacial score (nSPS) is 10.7. The van der Waals surface area contributed by atoms with Crippen LogP contribution in [-0.2, 0) is 6.42 Å². The molecular formula is C54H56. The first-order chi connectivity index (χ1) is 26.3.